The Bertz CT molecular complexity index is 458. The molecular weight excluding hydrogens is 276 g/mol. The lowest BCUT2D eigenvalue weighted by atomic mass is 9.87. The van der Waals surface area contributed by atoms with Crippen molar-refractivity contribution < 1.29 is 14.6 Å². The number of ether oxygens (including phenoxy) is 1. The maximum atomic E-state index is 11.0. The molecule has 0 heterocycles. The van der Waals surface area contributed by atoms with Crippen LogP contribution in [0.4, 0.5) is 0 Å². The van der Waals surface area contributed by atoms with Gasteiger partial charge >= 0.3 is 5.97 Å². The molecule has 0 atom stereocenters. The van der Waals surface area contributed by atoms with E-state index in [1.165, 1.54) is 0 Å². The minimum atomic E-state index is -0.747. The van der Waals surface area contributed by atoms with Crippen LogP contribution in [0.1, 0.15) is 44.2 Å². The number of halogens is 1. The van der Waals surface area contributed by atoms with Crippen LogP contribution in [-0.2, 0) is 4.79 Å². The van der Waals surface area contributed by atoms with Crippen molar-refractivity contribution in [1.29, 1.82) is 0 Å². The van der Waals surface area contributed by atoms with Crippen molar-refractivity contribution in [3.8, 4) is 5.75 Å². The van der Waals surface area contributed by atoms with E-state index in [1.807, 2.05) is 26.0 Å². The Balaban J connectivity index is 2.41. The van der Waals surface area contributed by atoms with Crippen LogP contribution in [0.2, 0.25) is 5.02 Å². The normalized spacial score (nSPS) is 11.4. The Morgan fingerprint density at radius 2 is 1.80 bits per heavy atom. The highest BCUT2D eigenvalue weighted by Crippen LogP contribution is 2.28. The van der Waals surface area contributed by atoms with Crippen molar-refractivity contribution in [2.24, 2.45) is 5.41 Å². The van der Waals surface area contributed by atoms with Crippen molar-refractivity contribution in [2.45, 2.75) is 47.0 Å². The lowest BCUT2D eigenvalue weighted by Gasteiger charge is -2.19. The fraction of sp³-hybridized carbons (Fsp3) is 0.562. The first-order valence-electron chi connectivity index (χ1n) is 6.87. The van der Waals surface area contributed by atoms with E-state index in [-0.39, 0.29) is 0 Å². The molecule has 0 amide bonds. The number of carboxylic acids is 1. The van der Waals surface area contributed by atoms with Crippen LogP contribution in [0.15, 0.2) is 12.1 Å². The number of carboxylic acid groups (broad SMARTS) is 1. The summed E-state index contributed by atoms with van der Waals surface area (Å²) in [6, 6.07) is 3.77. The molecule has 0 aromatic heterocycles. The van der Waals surface area contributed by atoms with Gasteiger partial charge in [-0.25, -0.2) is 0 Å². The molecule has 0 spiro atoms. The summed E-state index contributed by atoms with van der Waals surface area (Å²) in [4.78, 5) is 11.0. The van der Waals surface area contributed by atoms with Crippen LogP contribution in [0.5, 0.6) is 5.75 Å². The molecule has 0 saturated heterocycles. The molecule has 3 nitrogen and oxygen atoms in total. The third kappa shape index (κ3) is 4.71. The third-order valence-electron chi connectivity index (χ3n) is 3.45. The number of aliphatic carboxylic acids is 1. The smallest absolute Gasteiger partial charge is 0.309 e. The Morgan fingerprint density at radius 3 is 2.30 bits per heavy atom. The summed E-state index contributed by atoms with van der Waals surface area (Å²) in [5.74, 6) is 0.134. The molecule has 1 N–H and O–H groups in total. The third-order valence-corrected chi connectivity index (χ3v) is 3.66. The highest BCUT2D eigenvalue weighted by Gasteiger charge is 2.25. The van der Waals surface area contributed by atoms with Gasteiger partial charge in [0.05, 0.1) is 12.0 Å². The van der Waals surface area contributed by atoms with Crippen molar-refractivity contribution in [1.82, 2.24) is 0 Å². The number of unbranched alkanes of at least 4 members (excludes halogenated alkanes) is 1. The van der Waals surface area contributed by atoms with Gasteiger partial charge in [-0.2, -0.15) is 0 Å². The Kier molecular flexibility index (Phi) is 5.88. The molecule has 1 aromatic rings. The van der Waals surface area contributed by atoms with Crippen molar-refractivity contribution >= 4 is 17.6 Å². The molecule has 0 saturated carbocycles. The first-order valence-corrected chi connectivity index (χ1v) is 7.25. The van der Waals surface area contributed by atoms with E-state index in [2.05, 4.69) is 0 Å². The number of aryl methyl sites for hydroxylation is 2. The summed E-state index contributed by atoms with van der Waals surface area (Å²) in [5.41, 5.74) is 1.40. The second kappa shape index (κ2) is 6.98. The molecule has 1 rings (SSSR count). The fourth-order valence-corrected chi connectivity index (χ4v) is 2.40. The van der Waals surface area contributed by atoms with Crippen LogP contribution in [0.25, 0.3) is 0 Å². The van der Waals surface area contributed by atoms with Gasteiger partial charge in [-0.15, -0.1) is 0 Å². The zero-order valence-corrected chi connectivity index (χ0v) is 13.4. The Labute approximate surface area is 125 Å². The molecule has 1 aromatic carbocycles. The van der Waals surface area contributed by atoms with Gasteiger partial charge in [0.25, 0.3) is 0 Å². The van der Waals surface area contributed by atoms with E-state index in [0.29, 0.717) is 13.0 Å². The largest absolute Gasteiger partial charge is 0.493 e. The minimum Gasteiger partial charge on any atom is -0.493 e. The van der Waals surface area contributed by atoms with E-state index in [9.17, 15) is 4.79 Å². The maximum absolute atomic E-state index is 11.0. The number of benzene rings is 1. The van der Waals surface area contributed by atoms with E-state index < -0.39 is 11.4 Å². The zero-order chi connectivity index (χ0) is 15.3. The minimum absolute atomic E-state index is 0.596. The lowest BCUT2D eigenvalue weighted by molar-refractivity contribution is -0.147. The van der Waals surface area contributed by atoms with Crippen LogP contribution < -0.4 is 4.74 Å². The topological polar surface area (TPSA) is 46.5 Å². The fourth-order valence-electron chi connectivity index (χ4n) is 2.08. The molecular formula is C16H23ClO3. The van der Waals surface area contributed by atoms with Gasteiger partial charge in [-0.1, -0.05) is 11.6 Å². The number of hydrogen-bond donors (Lipinski definition) is 1. The van der Waals surface area contributed by atoms with Gasteiger partial charge in [0.15, 0.2) is 0 Å². The average Bonchev–Trinajstić information content (AvgIpc) is 2.31. The molecule has 0 radical (unpaired) electrons. The van der Waals surface area contributed by atoms with Crippen LogP contribution in [0, 0.1) is 19.3 Å². The number of hydrogen-bond acceptors (Lipinski definition) is 2. The Morgan fingerprint density at radius 1 is 1.25 bits per heavy atom. The van der Waals surface area contributed by atoms with Crippen molar-refractivity contribution in [3.63, 3.8) is 0 Å². The second-order valence-corrected chi connectivity index (χ2v) is 6.30. The van der Waals surface area contributed by atoms with E-state index in [1.54, 1.807) is 13.8 Å². The van der Waals surface area contributed by atoms with Gasteiger partial charge in [-0.3, -0.25) is 4.79 Å². The molecule has 0 aliphatic heterocycles. The van der Waals surface area contributed by atoms with Gasteiger partial charge in [0.1, 0.15) is 5.75 Å². The van der Waals surface area contributed by atoms with Gasteiger partial charge in [-0.05, 0) is 70.2 Å². The molecule has 20 heavy (non-hydrogen) atoms. The predicted molar refractivity (Wildman–Crippen MR) is 81.7 cm³/mol. The quantitative estimate of drug-likeness (QED) is 0.747. The summed E-state index contributed by atoms with van der Waals surface area (Å²) in [5, 5.41) is 9.75. The molecule has 4 heteroatoms. The lowest BCUT2D eigenvalue weighted by Crippen LogP contribution is -2.23. The number of rotatable bonds is 7. The highest BCUT2D eigenvalue weighted by atomic mass is 35.5. The van der Waals surface area contributed by atoms with Gasteiger partial charge in [0.2, 0.25) is 0 Å². The zero-order valence-electron chi connectivity index (χ0n) is 12.6. The van der Waals surface area contributed by atoms with Crippen LogP contribution >= 0.6 is 11.6 Å². The summed E-state index contributed by atoms with van der Waals surface area (Å²) in [7, 11) is 0. The van der Waals surface area contributed by atoms with Crippen molar-refractivity contribution in [2.75, 3.05) is 6.61 Å². The standard InChI is InChI=1S/C16H23ClO3/c1-11-9-13(17)10-12(2)14(11)20-8-6-5-7-16(3,4)15(18)19/h9-10H,5-8H2,1-4H3,(H,18,19). The molecule has 0 fully saturated rings. The molecule has 0 unspecified atom stereocenters. The summed E-state index contributed by atoms with van der Waals surface area (Å²) in [6.07, 6.45) is 2.34. The first-order chi connectivity index (χ1) is 9.24. The highest BCUT2D eigenvalue weighted by molar-refractivity contribution is 6.30. The molecule has 0 bridgehead atoms. The van der Waals surface area contributed by atoms with Crippen molar-refractivity contribution in [3.05, 3.63) is 28.3 Å². The summed E-state index contributed by atoms with van der Waals surface area (Å²) >= 11 is 5.97. The molecule has 0 aliphatic rings. The van der Waals surface area contributed by atoms with Gasteiger partial charge < -0.3 is 9.84 Å². The molecule has 0 aliphatic carbocycles. The second-order valence-electron chi connectivity index (χ2n) is 5.86. The predicted octanol–water partition coefficient (Wildman–Crippen LogP) is 4.62. The SMILES string of the molecule is Cc1cc(Cl)cc(C)c1OCCCCC(C)(C)C(=O)O. The molecule has 112 valence electrons. The van der Waals surface area contributed by atoms with E-state index in [0.717, 1.165) is 34.7 Å². The summed E-state index contributed by atoms with van der Waals surface area (Å²) < 4.78 is 5.79. The Hall–Kier alpha value is -1.22. The van der Waals surface area contributed by atoms with Crippen LogP contribution in [-0.4, -0.2) is 17.7 Å². The monoisotopic (exact) mass is 298 g/mol. The summed E-state index contributed by atoms with van der Waals surface area (Å²) in [6.45, 7) is 8.05. The average molecular weight is 299 g/mol. The maximum Gasteiger partial charge on any atom is 0.309 e. The van der Waals surface area contributed by atoms with Crippen LogP contribution in [0.3, 0.4) is 0 Å². The van der Waals surface area contributed by atoms with E-state index >= 15 is 0 Å². The van der Waals surface area contributed by atoms with E-state index in [4.69, 9.17) is 21.4 Å². The number of carbonyl (C=O) groups is 1. The van der Waals surface area contributed by atoms with Gasteiger partial charge in [0, 0.05) is 5.02 Å². The first kappa shape index (κ1) is 16.8.